The van der Waals surface area contributed by atoms with E-state index < -0.39 is 0 Å². The van der Waals surface area contributed by atoms with Gasteiger partial charge in [-0.3, -0.25) is 0 Å². The largest absolute Gasteiger partial charge is 0.457 e. The Balaban J connectivity index is 2.24. The SMILES string of the molecule is C=CC(=O)OC(CCCCCCCCC)CN1C=CN(C)C1. The zero-order chi connectivity index (χ0) is 16.2. The van der Waals surface area contributed by atoms with Gasteiger partial charge < -0.3 is 14.5 Å². The summed E-state index contributed by atoms with van der Waals surface area (Å²) in [5, 5.41) is 0. The van der Waals surface area contributed by atoms with Gasteiger partial charge in [-0.05, 0) is 12.8 Å². The molecule has 1 rings (SSSR count). The van der Waals surface area contributed by atoms with Crippen molar-refractivity contribution in [2.24, 2.45) is 0 Å². The summed E-state index contributed by atoms with van der Waals surface area (Å²) in [6.07, 6.45) is 15.2. The van der Waals surface area contributed by atoms with Crippen LogP contribution in [0.1, 0.15) is 58.3 Å². The lowest BCUT2D eigenvalue weighted by Crippen LogP contribution is -2.33. The highest BCUT2D eigenvalue weighted by molar-refractivity contribution is 5.81. The van der Waals surface area contributed by atoms with E-state index >= 15 is 0 Å². The Labute approximate surface area is 135 Å². The third-order valence-corrected chi connectivity index (χ3v) is 3.95. The minimum Gasteiger partial charge on any atom is -0.457 e. The van der Waals surface area contributed by atoms with Gasteiger partial charge >= 0.3 is 5.97 Å². The fourth-order valence-corrected chi connectivity index (χ4v) is 2.70. The summed E-state index contributed by atoms with van der Waals surface area (Å²) in [6, 6.07) is 0. The van der Waals surface area contributed by atoms with E-state index in [0.717, 1.165) is 26.1 Å². The molecule has 0 saturated carbocycles. The van der Waals surface area contributed by atoms with Gasteiger partial charge in [-0.2, -0.15) is 0 Å². The lowest BCUT2D eigenvalue weighted by Gasteiger charge is -2.24. The van der Waals surface area contributed by atoms with Crippen LogP contribution >= 0.6 is 0 Å². The van der Waals surface area contributed by atoms with Crippen LogP contribution in [0.5, 0.6) is 0 Å². The van der Waals surface area contributed by atoms with Crippen molar-refractivity contribution in [3.8, 4) is 0 Å². The summed E-state index contributed by atoms with van der Waals surface area (Å²) in [5.74, 6) is -0.315. The first-order valence-corrected chi connectivity index (χ1v) is 8.61. The molecule has 0 N–H and O–H groups in total. The highest BCUT2D eigenvalue weighted by Crippen LogP contribution is 2.14. The number of ether oxygens (including phenoxy) is 1. The summed E-state index contributed by atoms with van der Waals surface area (Å²) in [6.45, 7) is 7.34. The maximum atomic E-state index is 11.5. The van der Waals surface area contributed by atoms with Crippen LogP contribution in [0.3, 0.4) is 0 Å². The lowest BCUT2D eigenvalue weighted by atomic mass is 10.1. The summed E-state index contributed by atoms with van der Waals surface area (Å²) in [4.78, 5) is 15.8. The molecule has 0 radical (unpaired) electrons. The minimum absolute atomic E-state index is 0.0442. The Morgan fingerprint density at radius 3 is 2.50 bits per heavy atom. The molecular weight excluding hydrogens is 276 g/mol. The Bertz CT molecular complexity index is 355. The van der Waals surface area contributed by atoms with Crippen molar-refractivity contribution in [1.29, 1.82) is 0 Å². The van der Waals surface area contributed by atoms with Crippen LogP contribution in [-0.2, 0) is 9.53 Å². The monoisotopic (exact) mass is 308 g/mol. The standard InChI is InChI=1S/C18H32N2O2/c1-4-6-7-8-9-10-11-12-17(22-18(21)5-2)15-20-14-13-19(3)16-20/h5,13-14,17H,2,4,6-12,15-16H2,1,3H3. The number of hydrogen-bond acceptors (Lipinski definition) is 4. The zero-order valence-corrected chi connectivity index (χ0v) is 14.3. The third-order valence-electron chi connectivity index (χ3n) is 3.95. The van der Waals surface area contributed by atoms with Crippen LogP contribution in [0.2, 0.25) is 0 Å². The summed E-state index contributed by atoms with van der Waals surface area (Å²) >= 11 is 0. The highest BCUT2D eigenvalue weighted by atomic mass is 16.5. The van der Waals surface area contributed by atoms with E-state index in [2.05, 4.69) is 29.5 Å². The second-order valence-corrected chi connectivity index (χ2v) is 6.14. The predicted octanol–water partition coefficient (Wildman–Crippen LogP) is 3.90. The molecule has 0 saturated heterocycles. The molecule has 1 unspecified atom stereocenters. The molecule has 0 fully saturated rings. The number of nitrogens with zero attached hydrogens (tertiary/aromatic N) is 2. The number of unbranched alkanes of at least 4 members (excludes halogenated alkanes) is 6. The molecule has 0 aromatic rings. The van der Waals surface area contributed by atoms with Crippen LogP contribution in [0.25, 0.3) is 0 Å². The zero-order valence-electron chi connectivity index (χ0n) is 14.3. The van der Waals surface area contributed by atoms with E-state index in [-0.39, 0.29) is 12.1 Å². The van der Waals surface area contributed by atoms with Crippen LogP contribution in [0, 0.1) is 0 Å². The molecule has 22 heavy (non-hydrogen) atoms. The van der Waals surface area contributed by atoms with Gasteiger partial charge in [0.15, 0.2) is 0 Å². The molecule has 0 aromatic carbocycles. The molecule has 0 aliphatic carbocycles. The molecule has 0 amide bonds. The molecule has 0 aromatic heterocycles. The minimum atomic E-state index is -0.315. The van der Waals surface area contributed by atoms with Gasteiger partial charge in [-0.15, -0.1) is 0 Å². The molecule has 1 heterocycles. The van der Waals surface area contributed by atoms with Gasteiger partial charge in [0, 0.05) is 25.5 Å². The number of carbonyl (C=O) groups excluding carboxylic acids is 1. The van der Waals surface area contributed by atoms with Crippen LogP contribution in [-0.4, -0.2) is 42.1 Å². The van der Waals surface area contributed by atoms with Crippen molar-refractivity contribution in [3.63, 3.8) is 0 Å². The number of carbonyl (C=O) groups is 1. The molecule has 1 aliphatic heterocycles. The Hall–Kier alpha value is -1.45. The molecule has 126 valence electrons. The predicted molar refractivity (Wildman–Crippen MR) is 91.2 cm³/mol. The van der Waals surface area contributed by atoms with E-state index in [4.69, 9.17) is 4.74 Å². The Kier molecular flexibility index (Phi) is 9.44. The highest BCUT2D eigenvalue weighted by Gasteiger charge is 2.18. The van der Waals surface area contributed by atoms with Gasteiger partial charge in [0.05, 0.1) is 13.2 Å². The Morgan fingerprint density at radius 1 is 1.23 bits per heavy atom. The molecule has 4 nitrogen and oxygen atoms in total. The van der Waals surface area contributed by atoms with Crippen LogP contribution in [0.4, 0.5) is 0 Å². The fourth-order valence-electron chi connectivity index (χ4n) is 2.70. The van der Waals surface area contributed by atoms with Crippen molar-refractivity contribution in [2.45, 2.75) is 64.4 Å². The van der Waals surface area contributed by atoms with Crippen LogP contribution < -0.4 is 0 Å². The van der Waals surface area contributed by atoms with Gasteiger partial charge in [-0.1, -0.05) is 52.0 Å². The van der Waals surface area contributed by atoms with E-state index in [0.29, 0.717) is 0 Å². The second kappa shape index (κ2) is 11.2. The summed E-state index contributed by atoms with van der Waals surface area (Å²) in [5.41, 5.74) is 0. The van der Waals surface area contributed by atoms with Gasteiger partial charge in [0.1, 0.15) is 6.10 Å². The van der Waals surface area contributed by atoms with Crippen molar-refractivity contribution in [2.75, 3.05) is 20.3 Å². The molecule has 0 spiro atoms. The maximum absolute atomic E-state index is 11.5. The quantitative estimate of drug-likeness (QED) is 0.311. The van der Waals surface area contributed by atoms with E-state index in [1.54, 1.807) is 0 Å². The fraction of sp³-hybridized carbons (Fsp3) is 0.722. The number of rotatable bonds is 12. The molecule has 1 atom stereocenters. The molecule has 0 bridgehead atoms. The summed E-state index contributed by atoms with van der Waals surface area (Å²) < 4.78 is 5.49. The average Bonchev–Trinajstić information content (AvgIpc) is 2.91. The van der Waals surface area contributed by atoms with E-state index in [9.17, 15) is 4.79 Å². The van der Waals surface area contributed by atoms with E-state index in [1.807, 2.05) is 13.2 Å². The molecule has 4 heteroatoms. The number of esters is 1. The average molecular weight is 308 g/mol. The topological polar surface area (TPSA) is 32.8 Å². The van der Waals surface area contributed by atoms with Crippen LogP contribution in [0.15, 0.2) is 25.1 Å². The molecule has 1 aliphatic rings. The van der Waals surface area contributed by atoms with Crippen molar-refractivity contribution < 1.29 is 9.53 Å². The first-order valence-electron chi connectivity index (χ1n) is 8.61. The smallest absolute Gasteiger partial charge is 0.330 e. The maximum Gasteiger partial charge on any atom is 0.330 e. The van der Waals surface area contributed by atoms with Crippen molar-refractivity contribution in [3.05, 3.63) is 25.1 Å². The first kappa shape index (κ1) is 18.6. The van der Waals surface area contributed by atoms with Gasteiger partial charge in [-0.25, -0.2) is 4.79 Å². The van der Waals surface area contributed by atoms with Crippen molar-refractivity contribution in [1.82, 2.24) is 9.80 Å². The van der Waals surface area contributed by atoms with Crippen molar-refractivity contribution >= 4 is 5.97 Å². The number of hydrogen-bond donors (Lipinski definition) is 0. The molecular formula is C18H32N2O2. The van der Waals surface area contributed by atoms with Gasteiger partial charge in [0.2, 0.25) is 0 Å². The normalized spacial score (nSPS) is 15.2. The second-order valence-electron chi connectivity index (χ2n) is 6.14. The van der Waals surface area contributed by atoms with Gasteiger partial charge in [0.25, 0.3) is 0 Å². The van der Waals surface area contributed by atoms with E-state index in [1.165, 1.54) is 44.6 Å². The third kappa shape index (κ3) is 8.11. The first-order chi connectivity index (χ1) is 10.7. The lowest BCUT2D eigenvalue weighted by molar-refractivity contribution is -0.144. The Morgan fingerprint density at radius 2 is 1.91 bits per heavy atom. The summed E-state index contributed by atoms with van der Waals surface area (Å²) in [7, 11) is 2.04.